The maximum Gasteiger partial charge on any atom is 0.251 e. The summed E-state index contributed by atoms with van der Waals surface area (Å²) in [6, 6.07) is 4.94. The zero-order valence-electron chi connectivity index (χ0n) is 11.7. The zero-order valence-corrected chi connectivity index (χ0v) is 12.5. The van der Waals surface area contributed by atoms with Crippen LogP contribution in [0, 0.1) is 11.8 Å². The van der Waals surface area contributed by atoms with Gasteiger partial charge in [0.05, 0.1) is 5.02 Å². The van der Waals surface area contributed by atoms with Crippen molar-refractivity contribution in [1.29, 1.82) is 0 Å². The summed E-state index contributed by atoms with van der Waals surface area (Å²) in [6.07, 6.45) is 0.895. The van der Waals surface area contributed by atoms with Crippen molar-refractivity contribution in [3.8, 4) is 11.8 Å². The molecule has 1 rings (SSSR count). The molecule has 108 valence electrons. The van der Waals surface area contributed by atoms with Gasteiger partial charge in [0.1, 0.15) is 6.61 Å². The molecule has 0 aliphatic carbocycles. The molecule has 0 aliphatic heterocycles. The number of hydrogen-bond acceptors (Lipinski definition) is 3. The second kappa shape index (κ2) is 8.60. The molecule has 0 aliphatic rings. The lowest BCUT2D eigenvalue weighted by molar-refractivity contribution is 0.0952. The Morgan fingerprint density at radius 3 is 2.80 bits per heavy atom. The second-order valence-corrected chi connectivity index (χ2v) is 4.97. The highest BCUT2D eigenvalue weighted by Gasteiger charge is 2.07. The molecule has 0 aromatic heterocycles. The van der Waals surface area contributed by atoms with Crippen LogP contribution >= 0.6 is 11.6 Å². The molecular formula is C15H19ClN2O2. The Kier molecular flexibility index (Phi) is 7.10. The quantitative estimate of drug-likeness (QED) is 0.637. The van der Waals surface area contributed by atoms with Crippen LogP contribution in [0.25, 0.3) is 0 Å². The standard InChI is InChI=1S/C15H19ClN2O2/c1-18(2)9-4-8-17-15(20)13-7-6-12(5-3-10-19)14(16)11-13/h6-7,11,19H,4,8-10H2,1-2H3,(H,17,20). The van der Waals surface area contributed by atoms with E-state index in [0.29, 0.717) is 22.7 Å². The molecular weight excluding hydrogens is 276 g/mol. The van der Waals surface area contributed by atoms with Crippen LogP contribution < -0.4 is 5.32 Å². The third kappa shape index (κ3) is 5.62. The molecule has 1 aromatic rings. The number of halogens is 1. The highest BCUT2D eigenvalue weighted by molar-refractivity contribution is 6.32. The van der Waals surface area contributed by atoms with Crippen LogP contribution in [0.2, 0.25) is 5.02 Å². The fourth-order valence-corrected chi connectivity index (χ4v) is 1.82. The van der Waals surface area contributed by atoms with Gasteiger partial charge >= 0.3 is 0 Å². The maximum atomic E-state index is 11.9. The minimum absolute atomic E-state index is 0.146. The van der Waals surface area contributed by atoms with Crippen LogP contribution in [0.4, 0.5) is 0 Å². The number of aliphatic hydroxyl groups excluding tert-OH is 1. The van der Waals surface area contributed by atoms with E-state index in [4.69, 9.17) is 16.7 Å². The predicted molar refractivity (Wildman–Crippen MR) is 80.9 cm³/mol. The summed E-state index contributed by atoms with van der Waals surface area (Å²) in [5, 5.41) is 11.9. The first-order valence-electron chi connectivity index (χ1n) is 6.37. The van der Waals surface area contributed by atoms with E-state index < -0.39 is 0 Å². The number of amides is 1. The number of carbonyl (C=O) groups excluding carboxylic acids is 1. The predicted octanol–water partition coefficient (Wildman–Crippen LogP) is 1.37. The van der Waals surface area contributed by atoms with Gasteiger partial charge < -0.3 is 15.3 Å². The molecule has 1 amide bonds. The average Bonchev–Trinajstić information content (AvgIpc) is 2.41. The van der Waals surface area contributed by atoms with Gasteiger partial charge in [-0.1, -0.05) is 23.4 Å². The Hall–Kier alpha value is -1.54. The molecule has 0 bridgehead atoms. The number of aliphatic hydroxyl groups is 1. The average molecular weight is 295 g/mol. The largest absolute Gasteiger partial charge is 0.384 e. The van der Waals surface area contributed by atoms with E-state index >= 15 is 0 Å². The Bertz CT molecular complexity index is 518. The molecule has 5 heteroatoms. The van der Waals surface area contributed by atoms with Crippen LogP contribution in [0.15, 0.2) is 18.2 Å². The first kappa shape index (κ1) is 16.5. The smallest absolute Gasteiger partial charge is 0.251 e. The van der Waals surface area contributed by atoms with Crippen molar-refractivity contribution >= 4 is 17.5 Å². The van der Waals surface area contributed by atoms with Gasteiger partial charge in [0.15, 0.2) is 0 Å². The molecule has 2 N–H and O–H groups in total. The molecule has 0 saturated heterocycles. The summed E-state index contributed by atoms with van der Waals surface area (Å²) in [6.45, 7) is 1.34. The Morgan fingerprint density at radius 2 is 2.20 bits per heavy atom. The fraction of sp³-hybridized carbons (Fsp3) is 0.400. The van der Waals surface area contributed by atoms with Crippen LogP contribution in [0.1, 0.15) is 22.3 Å². The first-order valence-corrected chi connectivity index (χ1v) is 6.74. The molecule has 0 heterocycles. The SMILES string of the molecule is CN(C)CCCNC(=O)c1ccc(C#CCO)c(Cl)c1. The van der Waals surface area contributed by atoms with Crippen LogP contribution in [-0.4, -0.2) is 49.7 Å². The van der Waals surface area contributed by atoms with Gasteiger partial charge in [-0.3, -0.25) is 4.79 Å². The van der Waals surface area contributed by atoms with Crippen molar-refractivity contribution in [2.45, 2.75) is 6.42 Å². The molecule has 0 atom stereocenters. The van der Waals surface area contributed by atoms with E-state index in [-0.39, 0.29) is 12.5 Å². The lowest BCUT2D eigenvalue weighted by atomic mass is 10.1. The van der Waals surface area contributed by atoms with E-state index in [1.165, 1.54) is 0 Å². The van der Waals surface area contributed by atoms with Crippen LogP contribution in [0.3, 0.4) is 0 Å². The van der Waals surface area contributed by atoms with Gasteiger partial charge in [0.25, 0.3) is 5.91 Å². The van der Waals surface area contributed by atoms with E-state index in [9.17, 15) is 4.79 Å². The van der Waals surface area contributed by atoms with Gasteiger partial charge in [-0.2, -0.15) is 0 Å². The van der Waals surface area contributed by atoms with E-state index in [1.54, 1.807) is 18.2 Å². The third-order valence-corrected chi connectivity index (χ3v) is 2.91. The third-order valence-electron chi connectivity index (χ3n) is 2.60. The molecule has 0 saturated carbocycles. The second-order valence-electron chi connectivity index (χ2n) is 4.57. The van der Waals surface area contributed by atoms with Gasteiger partial charge in [0.2, 0.25) is 0 Å². The van der Waals surface area contributed by atoms with Gasteiger partial charge in [-0.15, -0.1) is 0 Å². The summed E-state index contributed by atoms with van der Waals surface area (Å²) in [5.41, 5.74) is 1.11. The van der Waals surface area contributed by atoms with Crippen LogP contribution in [-0.2, 0) is 0 Å². The highest BCUT2D eigenvalue weighted by atomic mass is 35.5. The zero-order chi connectivity index (χ0) is 15.0. The normalized spacial score (nSPS) is 10.1. The van der Waals surface area contributed by atoms with Crippen molar-refractivity contribution in [3.63, 3.8) is 0 Å². The maximum absolute atomic E-state index is 11.9. The Morgan fingerprint density at radius 1 is 1.45 bits per heavy atom. The molecule has 4 nitrogen and oxygen atoms in total. The number of rotatable bonds is 5. The molecule has 0 fully saturated rings. The Balaban J connectivity index is 2.59. The van der Waals surface area contributed by atoms with Crippen molar-refractivity contribution in [2.75, 3.05) is 33.8 Å². The first-order chi connectivity index (χ1) is 9.54. The lowest BCUT2D eigenvalue weighted by Gasteiger charge is -2.10. The monoisotopic (exact) mass is 294 g/mol. The van der Waals surface area contributed by atoms with Crippen molar-refractivity contribution < 1.29 is 9.90 Å². The summed E-state index contributed by atoms with van der Waals surface area (Å²) < 4.78 is 0. The molecule has 0 radical (unpaired) electrons. The van der Waals surface area contributed by atoms with Gasteiger partial charge in [-0.05, 0) is 45.3 Å². The number of hydrogen-bond donors (Lipinski definition) is 2. The summed E-state index contributed by atoms with van der Waals surface area (Å²) in [5.74, 6) is 5.10. The molecule has 1 aromatic carbocycles. The van der Waals surface area contributed by atoms with Gasteiger partial charge in [0, 0.05) is 17.7 Å². The Labute approximate surface area is 124 Å². The summed E-state index contributed by atoms with van der Waals surface area (Å²) >= 11 is 6.04. The van der Waals surface area contributed by atoms with Crippen molar-refractivity contribution in [3.05, 3.63) is 34.3 Å². The van der Waals surface area contributed by atoms with Gasteiger partial charge in [-0.25, -0.2) is 0 Å². The van der Waals surface area contributed by atoms with Crippen molar-refractivity contribution in [2.24, 2.45) is 0 Å². The number of benzene rings is 1. The summed E-state index contributed by atoms with van der Waals surface area (Å²) in [7, 11) is 3.99. The van der Waals surface area contributed by atoms with E-state index in [1.807, 2.05) is 14.1 Å². The fourth-order valence-electron chi connectivity index (χ4n) is 1.59. The minimum atomic E-state index is -0.218. The highest BCUT2D eigenvalue weighted by Crippen LogP contribution is 2.17. The summed E-state index contributed by atoms with van der Waals surface area (Å²) in [4.78, 5) is 14.0. The van der Waals surface area contributed by atoms with Crippen LogP contribution in [0.5, 0.6) is 0 Å². The minimum Gasteiger partial charge on any atom is -0.384 e. The molecule has 0 unspecified atom stereocenters. The number of nitrogens with one attached hydrogen (secondary N) is 1. The molecule has 0 spiro atoms. The number of carbonyl (C=O) groups is 1. The number of nitrogens with zero attached hydrogens (tertiary/aromatic N) is 1. The molecule has 20 heavy (non-hydrogen) atoms. The topological polar surface area (TPSA) is 52.6 Å². The van der Waals surface area contributed by atoms with E-state index in [2.05, 4.69) is 22.1 Å². The van der Waals surface area contributed by atoms with Crippen molar-refractivity contribution in [1.82, 2.24) is 10.2 Å². The lowest BCUT2D eigenvalue weighted by Crippen LogP contribution is -2.27. The van der Waals surface area contributed by atoms with E-state index in [0.717, 1.165) is 13.0 Å².